The molecule has 0 aromatic heterocycles. The van der Waals surface area contributed by atoms with Gasteiger partial charge in [-0.05, 0) is 31.0 Å². The Morgan fingerprint density at radius 2 is 2.27 bits per heavy atom. The molecule has 1 rings (SSSR count). The maximum absolute atomic E-state index is 13.4. The second-order valence-corrected chi connectivity index (χ2v) is 3.50. The number of anilines is 2. The van der Waals surface area contributed by atoms with Crippen LogP contribution in [0, 0.1) is 5.82 Å². The second-order valence-electron chi connectivity index (χ2n) is 3.50. The van der Waals surface area contributed by atoms with Gasteiger partial charge in [-0.25, -0.2) is 4.39 Å². The van der Waals surface area contributed by atoms with Gasteiger partial charge >= 0.3 is 0 Å². The summed E-state index contributed by atoms with van der Waals surface area (Å²) in [5.74, 6) is -0.355. The lowest BCUT2D eigenvalue weighted by Crippen LogP contribution is -2.20. The van der Waals surface area contributed by atoms with E-state index in [4.69, 9.17) is 10.8 Å². The van der Waals surface area contributed by atoms with Crippen molar-refractivity contribution in [3.8, 4) is 0 Å². The number of halogens is 1. The van der Waals surface area contributed by atoms with Gasteiger partial charge < -0.3 is 16.2 Å². The summed E-state index contributed by atoms with van der Waals surface area (Å²) in [6, 6.07) is 4.64. The SMILES string of the molecule is CCC(CCO)Nc1ccc(N)cc1F. The molecule has 3 nitrogen and oxygen atoms in total. The zero-order chi connectivity index (χ0) is 11.3. The van der Waals surface area contributed by atoms with Crippen LogP contribution in [0.25, 0.3) is 0 Å². The van der Waals surface area contributed by atoms with Gasteiger partial charge in [-0.2, -0.15) is 0 Å². The predicted octanol–water partition coefficient (Wildman–Crippen LogP) is 1.98. The van der Waals surface area contributed by atoms with Crippen LogP contribution in [0.1, 0.15) is 19.8 Å². The van der Waals surface area contributed by atoms with E-state index in [1.165, 1.54) is 6.07 Å². The van der Waals surface area contributed by atoms with E-state index >= 15 is 0 Å². The number of rotatable bonds is 5. The average Bonchev–Trinajstić information content (AvgIpc) is 2.21. The molecule has 0 fully saturated rings. The van der Waals surface area contributed by atoms with Crippen molar-refractivity contribution in [3.05, 3.63) is 24.0 Å². The van der Waals surface area contributed by atoms with Gasteiger partial charge in [0.1, 0.15) is 5.82 Å². The van der Waals surface area contributed by atoms with Crippen LogP contribution in [0.2, 0.25) is 0 Å². The molecule has 1 unspecified atom stereocenters. The van der Waals surface area contributed by atoms with Gasteiger partial charge in [0.05, 0.1) is 5.69 Å². The summed E-state index contributed by atoms with van der Waals surface area (Å²) >= 11 is 0. The molecule has 84 valence electrons. The number of hydrogen-bond donors (Lipinski definition) is 3. The van der Waals surface area contributed by atoms with Gasteiger partial charge in [-0.3, -0.25) is 0 Å². The Labute approximate surface area is 89.1 Å². The van der Waals surface area contributed by atoms with E-state index in [1.807, 2.05) is 6.92 Å². The molecule has 0 aliphatic rings. The Morgan fingerprint density at radius 1 is 1.53 bits per heavy atom. The highest BCUT2D eigenvalue weighted by molar-refractivity contribution is 5.53. The first-order valence-corrected chi connectivity index (χ1v) is 5.09. The quantitative estimate of drug-likeness (QED) is 0.654. The van der Waals surface area contributed by atoms with Crippen molar-refractivity contribution in [3.63, 3.8) is 0 Å². The summed E-state index contributed by atoms with van der Waals surface area (Å²) in [4.78, 5) is 0. The van der Waals surface area contributed by atoms with Gasteiger partial charge in [0, 0.05) is 18.3 Å². The fourth-order valence-corrected chi connectivity index (χ4v) is 1.40. The maximum atomic E-state index is 13.4. The van der Waals surface area contributed by atoms with Crippen molar-refractivity contribution in [1.82, 2.24) is 0 Å². The predicted molar refractivity (Wildman–Crippen MR) is 60.2 cm³/mol. The molecule has 0 amide bonds. The van der Waals surface area contributed by atoms with E-state index in [-0.39, 0.29) is 18.5 Å². The fraction of sp³-hybridized carbons (Fsp3) is 0.455. The van der Waals surface area contributed by atoms with E-state index < -0.39 is 0 Å². The first-order chi connectivity index (χ1) is 7.17. The second kappa shape index (κ2) is 5.56. The fourth-order valence-electron chi connectivity index (χ4n) is 1.40. The van der Waals surface area contributed by atoms with Crippen LogP contribution in [0.4, 0.5) is 15.8 Å². The van der Waals surface area contributed by atoms with Crippen LogP contribution in [-0.4, -0.2) is 17.8 Å². The van der Waals surface area contributed by atoms with Crippen LogP contribution < -0.4 is 11.1 Å². The van der Waals surface area contributed by atoms with E-state index in [0.29, 0.717) is 17.8 Å². The lowest BCUT2D eigenvalue weighted by molar-refractivity contribution is 0.278. The van der Waals surface area contributed by atoms with Crippen molar-refractivity contribution in [2.75, 3.05) is 17.7 Å². The number of benzene rings is 1. The zero-order valence-corrected chi connectivity index (χ0v) is 8.83. The largest absolute Gasteiger partial charge is 0.399 e. The summed E-state index contributed by atoms with van der Waals surface area (Å²) in [7, 11) is 0. The lowest BCUT2D eigenvalue weighted by Gasteiger charge is -2.17. The number of nitrogens with one attached hydrogen (secondary N) is 1. The number of aliphatic hydroxyl groups is 1. The van der Waals surface area contributed by atoms with Gasteiger partial charge in [-0.1, -0.05) is 6.92 Å². The smallest absolute Gasteiger partial charge is 0.148 e. The molecule has 0 aliphatic heterocycles. The molecule has 1 aromatic carbocycles. The molecule has 4 N–H and O–H groups in total. The zero-order valence-electron chi connectivity index (χ0n) is 8.83. The molecule has 0 radical (unpaired) electrons. The Hall–Kier alpha value is -1.29. The third-order valence-electron chi connectivity index (χ3n) is 2.32. The molecule has 0 heterocycles. The Balaban J connectivity index is 2.70. The molecule has 0 saturated heterocycles. The van der Waals surface area contributed by atoms with Crippen molar-refractivity contribution in [2.24, 2.45) is 0 Å². The van der Waals surface area contributed by atoms with Gasteiger partial charge in [0.2, 0.25) is 0 Å². The number of aliphatic hydroxyl groups excluding tert-OH is 1. The molecule has 0 spiro atoms. The van der Waals surface area contributed by atoms with Crippen LogP contribution in [0.3, 0.4) is 0 Å². The van der Waals surface area contributed by atoms with Crippen molar-refractivity contribution in [1.29, 1.82) is 0 Å². The molecular formula is C11H17FN2O. The summed E-state index contributed by atoms with van der Waals surface area (Å²) in [6.45, 7) is 2.09. The Bertz CT molecular complexity index is 317. The van der Waals surface area contributed by atoms with Gasteiger partial charge in [0.25, 0.3) is 0 Å². The number of hydrogen-bond acceptors (Lipinski definition) is 3. The Kier molecular flexibility index (Phi) is 4.37. The van der Waals surface area contributed by atoms with E-state index in [1.54, 1.807) is 12.1 Å². The minimum absolute atomic E-state index is 0.0909. The van der Waals surface area contributed by atoms with Gasteiger partial charge in [0.15, 0.2) is 0 Å². The molecule has 1 aromatic rings. The van der Waals surface area contributed by atoms with E-state index in [2.05, 4.69) is 5.32 Å². The van der Waals surface area contributed by atoms with Crippen LogP contribution in [0.5, 0.6) is 0 Å². The topological polar surface area (TPSA) is 58.3 Å². The molecule has 4 heteroatoms. The van der Waals surface area contributed by atoms with Crippen LogP contribution in [-0.2, 0) is 0 Å². The average molecular weight is 212 g/mol. The summed E-state index contributed by atoms with van der Waals surface area (Å²) in [6.07, 6.45) is 1.45. The molecule has 15 heavy (non-hydrogen) atoms. The highest BCUT2D eigenvalue weighted by Crippen LogP contribution is 2.19. The number of nitrogen functional groups attached to an aromatic ring is 1. The van der Waals surface area contributed by atoms with Crippen LogP contribution in [0.15, 0.2) is 18.2 Å². The standard InChI is InChI=1S/C11H17FN2O/c1-2-9(5-6-15)14-11-4-3-8(13)7-10(11)12/h3-4,7,9,14-15H,2,5-6,13H2,1H3. The van der Waals surface area contributed by atoms with Crippen molar-refractivity contribution >= 4 is 11.4 Å². The molecule has 1 atom stereocenters. The molecule has 0 saturated carbocycles. The molecule has 0 aliphatic carbocycles. The Morgan fingerprint density at radius 3 is 2.80 bits per heavy atom. The maximum Gasteiger partial charge on any atom is 0.148 e. The van der Waals surface area contributed by atoms with Crippen LogP contribution >= 0.6 is 0 Å². The highest BCUT2D eigenvalue weighted by Gasteiger charge is 2.08. The summed E-state index contributed by atoms with van der Waals surface area (Å²) < 4.78 is 13.4. The molecular weight excluding hydrogens is 195 g/mol. The number of nitrogens with two attached hydrogens (primary N) is 1. The third kappa shape index (κ3) is 3.40. The first kappa shape index (κ1) is 11.8. The van der Waals surface area contributed by atoms with Crippen molar-refractivity contribution in [2.45, 2.75) is 25.8 Å². The van der Waals surface area contributed by atoms with E-state index in [0.717, 1.165) is 6.42 Å². The summed E-state index contributed by atoms with van der Waals surface area (Å²) in [5.41, 5.74) is 6.29. The van der Waals surface area contributed by atoms with E-state index in [9.17, 15) is 4.39 Å². The third-order valence-corrected chi connectivity index (χ3v) is 2.32. The minimum atomic E-state index is -0.355. The first-order valence-electron chi connectivity index (χ1n) is 5.09. The normalized spacial score (nSPS) is 12.5. The monoisotopic (exact) mass is 212 g/mol. The highest BCUT2D eigenvalue weighted by atomic mass is 19.1. The lowest BCUT2D eigenvalue weighted by atomic mass is 10.1. The van der Waals surface area contributed by atoms with Crippen molar-refractivity contribution < 1.29 is 9.50 Å². The summed E-state index contributed by atoms with van der Waals surface area (Å²) in [5, 5.41) is 11.8. The van der Waals surface area contributed by atoms with Gasteiger partial charge in [-0.15, -0.1) is 0 Å². The minimum Gasteiger partial charge on any atom is -0.399 e. The molecule has 0 bridgehead atoms.